The van der Waals surface area contributed by atoms with Gasteiger partial charge in [-0.2, -0.15) is 0 Å². The first-order valence-electron chi connectivity index (χ1n) is 8.32. The van der Waals surface area contributed by atoms with Crippen LogP contribution in [0.1, 0.15) is 50.4 Å². The highest BCUT2D eigenvalue weighted by atomic mass is 79.9. The number of esters is 1. The number of carbonyl (C=O) groups is 2. The van der Waals surface area contributed by atoms with E-state index in [2.05, 4.69) is 26.6 Å². The van der Waals surface area contributed by atoms with E-state index < -0.39 is 5.60 Å². The lowest BCUT2D eigenvalue weighted by atomic mass is 10.1. The minimum absolute atomic E-state index is 0.0977. The zero-order valence-electron chi connectivity index (χ0n) is 15.0. The number of alkyl carbamates (subject to hydrolysis) is 1. The molecule has 0 radical (unpaired) electrons. The number of rotatable bonds is 4. The van der Waals surface area contributed by atoms with E-state index in [-0.39, 0.29) is 24.1 Å². The fourth-order valence-corrected chi connectivity index (χ4v) is 3.31. The fourth-order valence-electron chi connectivity index (χ4n) is 2.81. The van der Waals surface area contributed by atoms with Gasteiger partial charge in [-0.05, 0) is 74.2 Å². The van der Waals surface area contributed by atoms with Crippen LogP contribution in [0.2, 0.25) is 0 Å². The average Bonchev–Trinajstić information content (AvgIpc) is 2.93. The topological polar surface area (TPSA) is 76.7 Å². The summed E-state index contributed by atoms with van der Waals surface area (Å²) in [6.45, 7) is 5.54. The molecule has 0 unspecified atom stereocenters. The monoisotopic (exact) mass is 412 g/mol. The smallest absolute Gasteiger partial charge is 0.407 e. The lowest BCUT2D eigenvalue weighted by molar-refractivity contribution is 0.0504. The summed E-state index contributed by atoms with van der Waals surface area (Å²) in [7, 11) is 1.36. The molecule has 2 N–H and O–H groups in total. The molecule has 1 amide bonds. The van der Waals surface area contributed by atoms with E-state index in [1.54, 1.807) is 12.1 Å². The predicted molar refractivity (Wildman–Crippen MR) is 99.9 cm³/mol. The van der Waals surface area contributed by atoms with Crippen LogP contribution in [-0.4, -0.2) is 36.9 Å². The highest BCUT2D eigenvalue weighted by Gasteiger charge is 2.28. The van der Waals surface area contributed by atoms with Crippen molar-refractivity contribution in [1.29, 1.82) is 0 Å². The summed E-state index contributed by atoms with van der Waals surface area (Å²) in [5.74, 6) is -0.366. The summed E-state index contributed by atoms with van der Waals surface area (Å²) in [5, 5.41) is 6.38. The molecule has 0 bridgehead atoms. The number of benzene rings is 1. The van der Waals surface area contributed by atoms with Gasteiger partial charge in [0.05, 0.1) is 12.7 Å². The molecule has 1 saturated carbocycles. The molecular formula is C18H25BrN2O4. The number of methoxy groups -OCH3 is 1. The largest absolute Gasteiger partial charge is 0.465 e. The molecular weight excluding hydrogens is 388 g/mol. The zero-order chi connectivity index (χ0) is 18.6. The van der Waals surface area contributed by atoms with E-state index in [9.17, 15) is 9.59 Å². The van der Waals surface area contributed by atoms with Gasteiger partial charge in [-0.1, -0.05) is 0 Å². The summed E-state index contributed by atoms with van der Waals surface area (Å²) in [6, 6.07) is 5.66. The van der Waals surface area contributed by atoms with Crippen molar-refractivity contribution < 1.29 is 19.1 Å². The SMILES string of the molecule is COC(=O)c1ccc(N[C@H]2CC[C@@H](NC(=O)OC(C)(C)C)C2)c(Br)c1. The van der Waals surface area contributed by atoms with Crippen LogP contribution in [0, 0.1) is 0 Å². The highest BCUT2D eigenvalue weighted by Crippen LogP contribution is 2.29. The van der Waals surface area contributed by atoms with E-state index in [4.69, 9.17) is 9.47 Å². The van der Waals surface area contributed by atoms with E-state index in [0.29, 0.717) is 5.56 Å². The van der Waals surface area contributed by atoms with Crippen molar-refractivity contribution in [1.82, 2.24) is 5.32 Å². The van der Waals surface area contributed by atoms with Crippen molar-refractivity contribution in [2.24, 2.45) is 0 Å². The van der Waals surface area contributed by atoms with Crippen molar-refractivity contribution in [2.45, 2.75) is 57.7 Å². The summed E-state index contributed by atoms with van der Waals surface area (Å²) < 4.78 is 10.8. The Balaban J connectivity index is 1.89. The molecule has 6 nitrogen and oxygen atoms in total. The Morgan fingerprint density at radius 3 is 2.48 bits per heavy atom. The Bertz CT molecular complexity index is 642. The molecule has 7 heteroatoms. The molecule has 2 atom stereocenters. The summed E-state index contributed by atoms with van der Waals surface area (Å²) >= 11 is 3.48. The minimum atomic E-state index is -0.493. The first-order valence-corrected chi connectivity index (χ1v) is 9.11. The number of hydrogen-bond donors (Lipinski definition) is 2. The Morgan fingerprint density at radius 2 is 1.88 bits per heavy atom. The van der Waals surface area contributed by atoms with Gasteiger partial charge in [0.15, 0.2) is 0 Å². The number of hydrogen-bond acceptors (Lipinski definition) is 5. The molecule has 1 aliphatic carbocycles. The molecule has 0 aromatic heterocycles. The molecule has 0 heterocycles. The number of amides is 1. The molecule has 1 aromatic carbocycles. The maximum atomic E-state index is 11.9. The molecule has 25 heavy (non-hydrogen) atoms. The van der Waals surface area contributed by atoms with Crippen LogP contribution < -0.4 is 10.6 Å². The van der Waals surface area contributed by atoms with Gasteiger partial charge in [0.2, 0.25) is 0 Å². The van der Waals surface area contributed by atoms with Gasteiger partial charge < -0.3 is 20.1 Å². The molecule has 138 valence electrons. The molecule has 2 rings (SSSR count). The Kier molecular flexibility index (Phi) is 6.32. The van der Waals surface area contributed by atoms with Gasteiger partial charge in [0.25, 0.3) is 0 Å². The molecule has 1 fully saturated rings. The molecule has 0 spiro atoms. The average molecular weight is 413 g/mol. The lowest BCUT2D eigenvalue weighted by Gasteiger charge is -2.22. The maximum absolute atomic E-state index is 11.9. The van der Waals surface area contributed by atoms with E-state index >= 15 is 0 Å². The second kappa shape index (κ2) is 8.08. The third-order valence-corrected chi connectivity index (χ3v) is 4.56. The Hall–Kier alpha value is -1.76. The number of nitrogens with one attached hydrogen (secondary N) is 2. The van der Waals surface area contributed by atoms with Crippen LogP contribution in [0.3, 0.4) is 0 Å². The Labute approximate surface area is 156 Å². The second-order valence-corrected chi connectivity index (χ2v) is 8.04. The summed E-state index contributed by atoms with van der Waals surface area (Å²) in [4.78, 5) is 23.4. The zero-order valence-corrected chi connectivity index (χ0v) is 16.6. The molecule has 0 aliphatic heterocycles. The first kappa shape index (κ1) is 19.6. The van der Waals surface area contributed by atoms with Crippen LogP contribution in [0.25, 0.3) is 0 Å². The predicted octanol–water partition coefficient (Wildman–Crippen LogP) is 4.09. The number of ether oxygens (including phenoxy) is 2. The van der Waals surface area contributed by atoms with Gasteiger partial charge in [-0.3, -0.25) is 0 Å². The van der Waals surface area contributed by atoms with Crippen molar-refractivity contribution in [3.05, 3.63) is 28.2 Å². The third kappa shape index (κ3) is 5.92. The fraction of sp³-hybridized carbons (Fsp3) is 0.556. The summed E-state index contributed by atoms with van der Waals surface area (Å²) in [6.07, 6.45) is 2.30. The molecule has 0 saturated heterocycles. The second-order valence-electron chi connectivity index (χ2n) is 7.18. The number of carbonyl (C=O) groups excluding carboxylic acids is 2. The van der Waals surface area contributed by atoms with Crippen molar-refractivity contribution in [3.8, 4) is 0 Å². The number of halogens is 1. The quantitative estimate of drug-likeness (QED) is 0.728. The van der Waals surface area contributed by atoms with Crippen LogP contribution in [-0.2, 0) is 9.47 Å². The van der Waals surface area contributed by atoms with Gasteiger partial charge in [0.1, 0.15) is 5.60 Å². The lowest BCUT2D eigenvalue weighted by Crippen LogP contribution is -2.38. The van der Waals surface area contributed by atoms with Crippen molar-refractivity contribution in [2.75, 3.05) is 12.4 Å². The van der Waals surface area contributed by atoms with Crippen LogP contribution in [0.15, 0.2) is 22.7 Å². The molecule has 1 aromatic rings. The highest BCUT2D eigenvalue weighted by molar-refractivity contribution is 9.10. The number of anilines is 1. The van der Waals surface area contributed by atoms with Crippen molar-refractivity contribution >= 4 is 33.7 Å². The first-order chi connectivity index (χ1) is 11.7. The van der Waals surface area contributed by atoms with E-state index in [1.165, 1.54) is 7.11 Å². The van der Waals surface area contributed by atoms with Crippen LogP contribution in [0.4, 0.5) is 10.5 Å². The Morgan fingerprint density at radius 1 is 1.20 bits per heavy atom. The van der Waals surface area contributed by atoms with Gasteiger partial charge in [-0.25, -0.2) is 9.59 Å². The molecule has 1 aliphatic rings. The van der Waals surface area contributed by atoms with Crippen LogP contribution >= 0.6 is 15.9 Å². The van der Waals surface area contributed by atoms with E-state index in [1.807, 2.05) is 26.8 Å². The van der Waals surface area contributed by atoms with Gasteiger partial charge in [0, 0.05) is 22.2 Å². The minimum Gasteiger partial charge on any atom is -0.465 e. The van der Waals surface area contributed by atoms with Crippen LogP contribution in [0.5, 0.6) is 0 Å². The normalized spacial score (nSPS) is 20.0. The third-order valence-electron chi connectivity index (χ3n) is 3.90. The van der Waals surface area contributed by atoms with Gasteiger partial charge in [-0.15, -0.1) is 0 Å². The standard InChI is InChI=1S/C18H25BrN2O4/c1-18(2,3)25-17(23)21-13-7-6-12(10-13)20-15-8-5-11(9-14(15)19)16(22)24-4/h5,8-9,12-13,20H,6-7,10H2,1-4H3,(H,21,23)/t12-,13+/m0/s1. The van der Waals surface area contributed by atoms with Crippen molar-refractivity contribution in [3.63, 3.8) is 0 Å². The maximum Gasteiger partial charge on any atom is 0.407 e. The van der Waals surface area contributed by atoms with E-state index in [0.717, 1.165) is 29.4 Å². The summed E-state index contributed by atoms with van der Waals surface area (Å²) in [5.41, 5.74) is 0.915. The van der Waals surface area contributed by atoms with Gasteiger partial charge >= 0.3 is 12.1 Å².